The predicted octanol–water partition coefficient (Wildman–Crippen LogP) is 3.49. The van der Waals surface area contributed by atoms with E-state index in [1.54, 1.807) is 0 Å². The first-order chi connectivity index (χ1) is 4.20. The summed E-state index contributed by atoms with van der Waals surface area (Å²) in [5, 5.41) is 0. The van der Waals surface area contributed by atoms with Crippen LogP contribution in [0.15, 0.2) is 11.9 Å². The van der Waals surface area contributed by atoms with E-state index >= 15 is 0 Å². The van der Waals surface area contributed by atoms with Crippen LogP contribution in [0.5, 0.6) is 0 Å². The van der Waals surface area contributed by atoms with Crippen LogP contribution >= 0.6 is 30.8 Å². The third kappa shape index (κ3) is 1.91. The molecular formula is C7H8IP. The summed E-state index contributed by atoms with van der Waals surface area (Å²) in [6.07, 6.45) is 0. The van der Waals surface area contributed by atoms with Gasteiger partial charge in [0.15, 0.2) is 0 Å². The van der Waals surface area contributed by atoms with Gasteiger partial charge >= 0.3 is 0 Å². The Labute approximate surface area is 70.9 Å². The van der Waals surface area contributed by atoms with Crippen molar-refractivity contribution in [2.24, 2.45) is 0 Å². The van der Waals surface area contributed by atoms with Gasteiger partial charge in [-0.25, -0.2) is 0 Å². The molecule has 1 aromatic heterocycles. The minimum absolute atomic E-state index is 1.35. The van der Waals surface area contributed by atoms with Crippen molar-refractivity contribution in [3.63, 3.8) is 0 Å². The highest BCUT2D eigenvalue weighted by Crippen LogP contribution is 2.20. The summed E-state index contributed by atoms with van der Waals surface area (Å²) >= 11 is 2.37. The van der Waals surface area contributed by atoms with Gasteiger partial charge in [-0.15, -0.1) is 0 Å². The summed E-state index contributed by atoms with van der Waals surface area (Å²) in [7, 11) is 1.35. The molecule has 0 bridgehead atoms. The molecule has 1 heterocycles. The lowest BCUT2D eigenvalue weighted by Crippen LogP contribution is -1.75. The Balaban J connectivity index is 3.17. The molecular weight excluding hydrogens is 242 g/mol. The van der Waals surface area contributed by atoms with Crippen LogP contribution in [-0.4, -0.2) is 0 Å². The minimum Gasteiger partial charge on any atom is -0.0614 e. The maximum absolute atomic E-state index is 2.37. The number of halogens is 1. The Bertz CT molecular complexity index is 220. The molecule has 0 aliphatic heterocycles. The van der Waals surface area contributed by atoms with E-state index in [4.69, 9.17) is 0 Å². The Morgan fingerprint density at radius 3 is 2.44 bits per heavy atom. The molecule has 0 unspecified atom stereocenters. The summed E-state index contributed by atoms with van der Waals surface area (Å²) in [5.41, 5.74) is 2.82. The van der Waals surface area contributed by atoms with Gasteiger partial charge in [0.25, 0.3) is 0 Å². The monoisotopic (exact) mass is 250 g/mol. The number of hydrogen-bond donors (Lipinski definition) is 0. The van der Waals surface area contributed by atoms with Crippen LogP contribution in [0, 0.1) is 17.1 Å². The van der Waals surface area contributed by atoms with Crippen LogP contribution in [0.3, 0.4) is 0 Å². The normalized spacial score (nSPS) is 10.6. The fourth-order valence-corrected chi connectivity index (χ4v) is 2.26. The van der Waals surface area contributed by atoms with E-state index in [1.807, 2.05) is 0 Å². The molecule has 0 saturated carbocycles. The lowest BCUT2D eigenvalue weighted by atomic mass is 10.2. The highest BCUT2D eigenvalue weighted by molar-refractivity contribution is 14.1. The lowest BCUT2D eigenvalue weighted by Gasteiger charge is -1.96. The van der Waals surface area contributed by atoms with Gasteiger partial charge in [-0.1, -0.05) is 8.19 Å². The van der Waals surface area contributed by atoms with Gasteiger partial charge < -0.3 is 0 Å². The Kier molecular flexibility index (Phi) is 2.48. The molecule has 0 amide bonds. The second-order valence-corrected chi connectivity index (χ2v) is 5.11. The summed E-state index contributed by atoms with van der Waals surface area (Å²) in [6.45, 7) is 4.31. The smallest absolute Gasteiger partial charge is 0.0405 e. The highest BCUT2D eigenvalue weighted by Gasteiger charge is 1.90. The van der Waals surface area contributed by atoms with Gasteiger partial charge in [-0.05, 0) is 59.4 Å². The fraction of sp³-hybridized carbons (Fsp3) is 0.286. The molecule has 0 N–H and O–H groups in total. The molecule has 0 radical (unpaired) electrons. The van der Waals surface area contributed by atoms with Gasteiger partial charge in [0, 0.05) is 3.30 Å². The number of rotatable bonds is 0. The van der Waals surface area contributed by atoms with Crippen LogP contribution in [0.4, 0.5) is 0 Å². The maximum Gasteiger partial charge on any atom is 0.0405 e. The van der Waals surface area contributed by atoms with Gasteiger partial charge in [0.1, 0.15) is 0 Å². The zero-order chi connectivity index (χ0) is 6.85. The highest BCUT2D eigenvalue weighted by atomic mass is 127. The van der Waals surface area contributed by atoms with E-state index in [0.717, 1.165) is 0 Å². The first kappa shape index (κ1) is 7.49. The quantitative estimate of drug-likeness (QED) is 0.618. The van der Waals surface area contributed by atoms with E-state index in [0.29, 0.717) is 0 Å². The molecule has 48 valence electrons. The topological polar surface area (TPSA) is 0 Å². The molecule has 2 heteroatoms. The van der Waals surface area contributed by atoms with Crippen molar-refractivity contribution in [1.82, 2.24) is 0 Å². The lowest BCUT2D eigenvalue weighted by molar-refractivity contribution is 1.37. The predicted molar refractivity (Wildman–Crippen MR) is 51.1 cm³/mol. The molecule has 0 aliphatic rings. The summed E-state index contributed by atoms with van der Waals surface area (Å²) in [5.74, 6) is 2.25. The number of hydrogen-bond acceptors (Lipinski definition) is 0. The molecule has 1 rings (SSSR count). The van der Waals surface area contributed by atoms with E-state index < -0.39 is 0 Å². The van der Waals surface area contributed by atoms with Crippen molar-refractivity contribution >= 4 is 30.8 Å². The number of aryl methyl sites for hydroxylation is 2. The van der Waals surface area contributed by atoms with Crippen molar-refractivity contribution in [3.8, 4) is 0 Å². The summed E-state index contributed by atoms with van der Waals surface area (Å²) in [4.78, 5) is 0. The molecule has 0 spiro atoms. The van der Waals surface area contributed by atoms with E-state index in [1.165, 1.54) is 22.6 Å². The second-order valence-electron chi connectivity index (χ2n) is 2.09. The molecule has 0 fully saturated rings. The molecule has 0 atom stereocenters. The van der Waals surface area contributed by atoms with Crippen LogP contribution < -0.4 is 0 Å². The SMILES string of the molecule is Cc1cpc(I)cc1C. The first-order valence-corrected chi connectivity index (χ1v) is 4.83. The zero-order valence-electron chi connectivity index (χ0n) is 5.48. The van der Waals surface area contributed by atoms with Gasteiger partial charge in [0.2, 0.25) is 0 Å². The van der Waals surface area contributed by atoms with Crippen LogP contribution in [0.25, 0.3) is 0 Å². The Hall–Kier alpha value is 0.380. The molecule has 0 aromatic carbocycles. The zero-order valence-corrected chi connectivity index (χ0v) is 8.53. The van der Waals surface area contributed by atoms with Crippen LogP contribution in [0.2, 0.25) is 0 Å². The Morgan fingerprint density at radius 1 is 1.33 bits per heavy atom. The standard InChI is InChI=1S/C7H8IP/c1-5-3-7(8)9-4-6(5)2/h3-4H,1-2H3. The molecule has 0 aliphatic carbocycles. The maximum atomic E-state index is 2.37. The van der Waals surface area contributed by atoms with E-state index in [-0.39, 0.29) is 0 Å². The van der Waals surface area contributed by atoms with Crippen molar-refractivity contribution in [2.45, 2.75) is 13.8 Å². The average molecular weight is 250 g/mol. The third-order valence-electron chi connectivity index (χ3n) is 1.34. The molecule has 0 saturated heterocycles. The summed E-state index contributed by atoms with van der Waals surface area (Å²) < 4.78 is 1.41. The molecule has 0 nitrogen and oxygen atoms in total. The van der Waals surface area contributed by atoms with Crippen molar-refractivity contribution < 1.29 is 0 Å². The second kappa shape index (κ2) is 2.98. The summed E-state index contributed by atoms with van der Waals surface area (Å²) in [6, 6.07) is 2.23. The van der Waals surface area contributed by atoms with Crippen LogP contribution in [0.1, 0.15) is 11.1 Å². The first-order valence-electron chi connectivity index (χ1n) is 2.79. The molecule has 1 aromatic rings. The van der Waals surface area contributed by atoms with Crippen molar-refractivity contribution in [1.29, 1.82) is 0 Å². The van der Waals surface area contributed by atoms with E-state index in [9.17, 15) is 0 Å². The van der Waals surface area contributed by atoms with Gasteiger partial charge in [-0.3, -0.25) is 0 Å². The van der Waals surface area contributed by atoms with Crippen molar-refractivity contribution in [3.05, 3.63) is 26.3 Å². The average Bonchev–Trinajstić information content (AvgIpc) is 1.80. The van der Waals surface area contributed by atoms with Crippen molar-refractivity contribution in [2.75, 3.05) is 0 Å². The van der Waals surface area contributed by atoms with E-state index in [2.05, 4.69) is 48.3 Å². The van der Waals surface area contributed by atoms with Crippen LogP contribution in [-0.2, 0) is 0 Å². The molecule has 9 heavy (non-hydrogen) atoms. The fourth-order valence-electron chi connectivity index (χ4n) is 0.590. The third-order valence-corrected chi connectivity index (χ3v) is 3.38. The largest absolute Gasteiger partial charge is 0.0614 e. The van der Waals surface area contributed by atoms with Gasteiger partial charge in [-0.2, -0.15) is 0 Å². The minimum atomic E-state index is 1.35. The van der Waals surface area contributed by atoms with Gasteiger partial charge in [0.05, 0.1) is 0 Å². The Morgan fingerprint density at radius 2 is 2.00 bits per heavy atom.